The first-order chi connectivity index (χ1) is 12.7. The minimum atomic E-state index is -0.289. The third-order valence-electron chi connectivity index (χ3n) is 4.02. The van der Waals surface area contributed by atoms with Gasteiger partial charge in [0.05, 0.1) is 4.88 Å². The summed E-state index contributed by atoms with van der Waals surface area (Å²) >= 11 is 1.41. The van der Waals surface area contributed by atoms with Gasteiger partial charge in [0.15, 0.2) is 11.5 Å². The van der Waals surface area contributed by atoms with Crippen molar-refractivity contribution in [2.45, 2.75) is 6.54 Å². The number of nitrogens with one attached hydrogen (secondary N) is 1. The number of benzene rings is 2. The lowest BCUT2D eigenvalue weighted by atomic mass is 10.1. The SMILES string of the molecule is O=C(NCc1ccc(F)cc1)c1ccc(-c2ccc3c(c2)OCCO3)s1. The number of carbonyl (C=O) groups excluding carboxylic acids is 1. The van der Waals surface area contributed by atoms with Crippen molar-refractivity contribution >= 4 is 17.2 Å². The van der Waals surface area contributed by atoms with E-state index in [2.05, 4.69) is 5.32 Å². The van der Waals surface area contributed by atoms with Gasteiger partial charge < -0.3 is 14.8 Å². The fourth-order valence-corrected chi connectivity index (χ4v) is 3.60. The Bertz CT molecular complexity index is 936. The first-order valence-electron chi connectivity index (χ1n) is 8.21. The Morgan fingerprint density at radius 1 is 1.00 bits per heavy atom. The zero-order valence-electron chi connectivity index (χ0n) is 13.8. The maximum absolute atomic E-state index is 12.9. The summed E-state index contributed by atoms with van der Waals surface area (Å²) in [6.45, 7) is 1.46. The second-order valence-corrected chi connectivity index (χ2v) is 6.92. The van der Waals surface area contributed by atoms with Crippen molar-refractivity contribution in [3.63, 3.8) is 0 Å². The molecule has 0 saturated carbocycles. The highest BCUT2D eigenvalue weighted by Crippen LogP contribution is 2.36. The normalized spacial score (nSPS) is 12.7. The fourth-order valence-electron chi connectivity index (χ4n) is 2.68. The lowest BCUT2D eigenvalue weighted by molar-refractivity contribution is 0.0955. The predicted molar refractivity (Wildman–Crippen MR) is 98.3 cm³/mol. The molecule has 1 N–H and O–H groups in total. The first kappa shape index (κ1) is 16.6. The first-order valence-corrected chi connectivity index (χ1v) is 9.03. The quantitative estimate of drug-likeness (QED) is 0.748. The lowest BCUT2D eigenvalue weighted by Crippen LogP contribution is -2.21. The molecule has 0 fully saturated rings. The zero-order chi connectivity index (χ0) is 17.9. The molecule has 132 valence electrons. The van der Waals surface area contributed by atoms with Crippen molar-refractivity contribution in [1.82, 2.24) is 5.32 Å². The number of thiophene rings is 1. The molecule has 0 atom stereocenters. The summed E-state index contributed by atoms with van der Waals surface area (Å²) in [6, 6.07) is 15.6. The van der Waals surface area contributed by atoms with Crippen LogP contribution in [0.3, 0.4) is 0 Å². The van der Waals surface area contributed by atoms with Crippen LogP contribution in [0.25, 0.3) is 10.4 Å². The Balaban J connectivity index is 1.45. The smallest absolute Gasteiger partial charge is 0.261 e. The summed E-state index contributed by atoms with van der Waals surface area (Å²) in [5.41, 5.74) is 1.83. The molecule has 2 aromatic carbocycles. The molecule has 2 heterocycles. The van der Waals surface area contributed by atoms with Crippen LogP contribution in [0.15, 0.2) is 54.6 Å². The van der Waals surface area contributed by atoms with E-state index in [0.717, 1.165) is 27.5 Å². The number of fused-ring (bicyclic) bond motifs is 1. The summed E-state index contributed by atoms with van der Waals surface area (Å²) in [4.78, 5) is 13.9. The van der Waals surface area contributed by atoms with Crippen LogP contribution >= 0.6 is 11.3 Å². The van der Waals surface area contributed by atoms with Crippen LogP contribution in [0.5, 0.6) is 11.5 Å². The molecule has 1 aliphatic rings. The number of hydrogen-bond acceptors (Lipinski definition) is 4. The van der Waals surface area contributed by atoms with Crippen LogP contribution < -0.4 is 14.8 Å². The van der Waals surface area contributed by atoms with E-state index in [-0.39, 0.29) is 11.7 Å². The molecule has 1 aliphatic heterocycles. The van der Waals surface area contributed by atoms with Gasteiger partial charge >= 0.3 is 0 Å². The van der Waals surface area contributed by atoms with E-state index in [4.69, 9.17) is 9.47 Å². The van der Waals surface area contributed by atoms with Crippen molar-refractivity contribution in [2.75, 3.05) is 13.2 Å². The molecule has 0 aliphatic carbocycles. The summed E-state index contributed by atoms with van der Waals surface area (Å²) in [7, 11) is 0. The molecule has 6 heteroatoms. The maximum Gasteiger partial charge on any atom is 0.261 e. The van der Waals surface area contributed by atoms with Crippen molar-refractivity contribution < 1.29 is 18.7 Å². The molecule has 4 nitrogen and oxygen atoms in total. The Labute approximate surface area is 154 Å². The molecule has 0 bridgehead atoms. The molecule has 1 aromatic heterocycles. The Hall–Kier alpha value is -2.86. The highest BCUT2D eigenvalue weighted by molar-refractivity contribution is 7.17. The topological polar surface area (TPSA) is 47.6 Å². The van der Waals surface area contributed by atoms with E-state index >= 15 is 0 Å². The molecule has 0 saturated heterocycles. The number of amides is 1. The Kier molecular flexibility index (Phi) is 4.58. The van der Waals surface area contributed by atoms with Crippen LogP contribution in [0.2, 0.25) is 0 Å². The zero-order valence-corrected chi connectivity index (χ0v) is 14.6. The predicted octanol–water partition coefficient (Wildman–Crippen LogP) is 4.26. The van der Waals surface area contributed by atoms with Gasteiger partial charge in [-0.1, -0.05) is 12.1 Å². The molecule has 4 rings (SSSR count). The van der Waals surface area contributed by atoms with E-state index in [9.17, 15) is 9.18 Å². The van der Waals surface area contributed by atoms with Gasteiger partial charge in [0.1, 0.15) is 19.0 Å². The molecule has 0 unspecified atom stereocenters. The molecule has 26 heavy (non-hydrogen) atoms. The third kappa shape index (κ3) is 3.55. The van der Waals surface area contributed by atoms with Crippen molar-refractivity contribution in [3.05, 3.63) is 70.9 Å². The summed E-state index contributed by atoms with van der Waals surface area (Å²) in [5, 5.41) is 2.85. The largest absolute Gasteiger partial charge is 0.486 e. The second-order valence-electron chi connectivity index (χ2n) is 5.83. The van der Waals surface area contributed by atoms with Crippen LogP contribution in [0.4, 0.5) is 4.39 Å². The summed E-state index contributed by atoms with van der Waals surface area (Å²) in [5.74, 6) is 1.03. The number of rotatable bonds is 4. The molecular formula is C20H16FNO3S. The third-order valence-corrected chi connectivity index (χ3v) is 5.16. The number of carbonyl (C=O) groups is 1. The van der Waals surface area contributed by atoms with Gasteiger partial charge in [-0.05, 0) is 53.6 Å². The van der Waals surface area contributed by atoms with Gasteiger partial charge in [-0.2, -0.15) is 0 Å². The number of hydrogen-bond donors (Lipinski definition) is 1. The van der Waals surface area contributed by atoms with Gasteiger partial charge in [-0.3, -0.25) is 4.79 Å². The van der Waals surface area contributed by atoms with Crippen molar-refractivity contribution in [1.29, 1.82) is 0 Å². The monoisotopic (exact) mass is 369 g/mol. The van der Waals surface area contributed by atoms with Gasteiger partial charge in [0, 0.05) is 11.4 Å². The average molecular weight is 369 g/mol. The van der Waals surface area contributed by atoms with E-state index in [1.807, 2.05) is 24.3 Å². The second kappa shape index (κ2) is 7.17. The minimum absolute atomic E-state index is 0.150. The average Bonchev–Trinajstić information content (AvgIpc) is 3.17. The van der Waals surface area contributed by atoms with Crippen LogP contribution in [-0.4, -0.2) is 19.1 Å². The molecule has 1 amide bonds. The summed E-state index contributed by atoms with van der Waals surface area (Å²) in [6.07, 6.45) is 0. The highest BCUT2D eigenvalue weighted by Gasteiger charge is 2.15. The van der Waals surface area contributed by atoms with E-state index in [1.54, 1.807) is 18.2 Å². The van der Waals surface area contributed by atoms with Crippen LogP contribution in [0.1, 0.15) is 15.2 Å². The molecule has 0 radical (unpaired) electrons. The molecule has 3 aromatic rings. The van der Waals surface area contributed by atoms with Crippen LogP contribution in [-0.2, 0) is 6.54 Å². The molecular weight excluding hydrogens is 353 g/mol. The fraction of sp³-hybridized carbons (Fsp3) is 0.150. The van der Waals surface area contributed by atoms with Gasteiger partial charge in [0.2, 0.25) is 0 Å². The molecule has 0 spiro atoms. The number of halogens is 1. The highest BCUT2D eigenvalue weighted by atomic mass is 32.1. The maximum atomic E-state index is 12.9. The summed E-state index contributed by atoms with van der Waals surface area (Å²) < 4.78 is 24.1. The Morgan fingerprint density at radius 3 is 2.58 bits per heavy atom. The van der Waals surface area contributed by atoms with Gasteiger partial charge in [-0.25, -0.2) is 4.39 Å². The van der Waals surface area contributed by atoms with E-state index in [1.165, 1.54) is 23.5 Å². The standard InChI is InChI=1S/C20H16FNO3S/c21-15-4-1-13(2-5-15)12-22-20(23)19-8-7-18(26-19)14-3-6-16-17(11-14)25-10-9-24-16/h1-8,11H,9-10,12H2,(H,22,23). The van der Waals surface area contributed by atoms with Crippen molar-refractivity contribution in [3.8, 4) is 21.9 Å². The van der Waals surface area contributed by atoms with E-state index in [0.29, 0.717) is 24.6 Å². The van der Waals surface area contributed by atoms with E-state index < -0.39 is 0 Å². The Morgan fingerprint density at radius 2 is 1.77 bits per heavy atom. The van der Waals surface area contributed by atoms with Gasteiger partial charge in [0.25, 0.3) is 5.91 Å². The number of ether oxygens (including phenoxy) is 2. The van der Waals surface area contributed by atoms with Gasteiger partial charge in [-0.15, -0.1) is 11.3 Å². The van der Waals surface area contributed by atoms with Crippen LogP contribution in [0, 0.1) is 5.82 Å². The minimum Gasteiger partial charge on any atom is -0.486 e. The van der Waals surface area contributed by atoms with Crippen molar-refractivity contribution in [2.24, 2.45) is 0 Å². The lowest BCUT2D eigenvalue weighted by Gasteiger charge is -2.18.